The molecule has 2 aromatic carbocycles. The van der Waals surface area contributed by atoms with Crippen molar-refractivity contribution in [3.63, 3.8) is 0 Å². The number of carbonyl (C=O) groups excluding carboxylic acids is 1. The minimum atomic E-state index is -0.251. The van der Waals surface area contributed by atoms with Crippen molar-refractivity contribution < 1.29 is 4.79 Å². The summed E-state index contributed by atoms with van der Waals surface area (Å²) in [5.74, 6) is -0.251. The Kier molecular flexibility index (Phi) is 4.70. The summed E-state index contributed by atoms with van der Waals surface area (Å²) in [4.78, 5) is 27.4. The van der Waals surface area contributed by atoms with Gasteiger partial charge in [-0.15, -0.1) is 0 Å². The van der Waals surface area contributed by atoms with Gasteiger partial charge < -0.3 is 9.47 Å². The number of benzene rings is 2. The van der Waals surface area contributed by atoms with E-state index in [0.29, 0.717) is 18.5 Å². The first-order chi connectivity index (χ1) is 12.0. The molecule has 0 saturated carbocycles. The van der Waals surface area contributed by atoms with Crippen molar-refractivity contribution in [3.8, 4) is 0 Å². The predicted octanol–water partition coefficient (Wildman–Crippen LogP) is 3.60. The number of fused-ring (bicyclic) bond motifs is 1. The molecule has 0 fully saturated rings. The maximum atomic E-state index is 12.9. The Morgan fingerprint density at radius 1 is 1.12 bits per heavy atom. The molecule has 0 aliphatic rings. The summed E-state index contributed by atoms with van der Waals surface area (Å²) in [6.07, 6.45) is 1.68. The lowest BCUT2D eigenvalue weighted by Crippen LogP contribution is -2.31. The van der Waals surface area contributed by atoms with Crippen LogP contribution in [0.5, 0.6) is 0 Å². The highest BCUT2D eigenvalue weighted by Crippen LogP contribution is 2.15. The Morgan fingerprint density at radius 2 is 1.84 bits per heavy atom. The Labute approximate surface area is 147 Å². The van der Waals surface area contributed by atoms with E-state index >= 15 is 0 Å². The zero-order chi connectivity index (χ0) is 18.0. The average Bonchev–Trinajstić information content (AvgIpc) is 2.62. The Morgan fingerprint density at radius 3 is 2.52 bits per heavy atom. The molecular weight excluding hydrogens is 312 g/mol. The molecule has 3 aromatic rings. The SMILES string of the molecule is CCn1cc(C(=O)N(C)Cc2ccccc2)c(=O)c2cc(C)ccc21. The molecule has 0 unspecified atom stereocenters. The normalized spacial score (nSPS) is 10.8. The van der Waals surface area contributed by atoms with Gasteiger partial charge in [-0.2, -0.15) is 0 Å². The Balaban J connectivity index is 2.04. The van der Waals surface area contributed by atoms with Crippen molar-refractivity contribution in [2.24, 2.45) is 0 Å². The molecule has 1 amide bonds. The molecule has 0 spiro atoms. The molecule has 0 radical (unpaired) electrons. The molecule has 0 N–H and O–H groups in total. The topological polar surface area (TPSA) is 42.3 Å². The van der Waals surface area contributed by atoms with Gasteiger partial charge in [0.15, 0.2) is 0 Å². The minimum Gasteiger partial charge on any atom is -0.347 e. The van der Waals surface area contributed by atoms with E-state index in [9.17, 15) is 9.59 Å². The number of carbonyl (C=O) groups is 1. The van der Waals surface area contributed by atoms with E-state index in [2.05, 4.69) is 0 Å². The number of amides is 1. The second-order valence-electron chi connectivity index (χ2n) is 6.33. The van der Waals surface area contributed by atoms with Crippen LogP contribution >= 0.6 is 0 Å². The largest absolute Gasteiger partial charge is 0.347 e. The molecule has 0 aliphatic carbocycles. The third kappa shape index (κ3) is 3.33. The zero-order valence-electron chi connectivity index (χ0n) is 14.8. The van der Waals surface area contributed by atoms with Crippen LogP contribution in [0.2, 0.25) is 0 Å². The van der Waals surface area contributed by atoms with Gasteiger partial charge in [-0.25, -0.2) is 0 Å². The van der Waals surface area contributed by atoms with E-state index < -0.39 is 0 Å². The molecule has 128 valence electrons. The van der Waals surface area contributed by atoms with Gasteiger partial charge in [-0.3, -0.25) is 9.59 Å². The number of pyridine rings is 1. The summed E-state index contributed by atoms with van der Waals surface area (Å²) >= 11 is 0. The predicted molar refractivity (Wildman–Crippen MR) is 101 cm³/mol. The monoisotopic (exact) mass is 334 g/mol. The van der Waals surface area contributed by atoms with E-state index in [-0.39, 0.29) is 16.9 Å². The van der Waals surface area contributed by atoms with Crippen molar-refractivity contribution in [1.82, 2.24) is 9.47 Å². The van der Waals surface area contributed by atoms with Gasteiger partial charge in [0.2, 0.25) is 5.43 Å². The number of rotatable bonds is 4. The molecule has 4 heteroatoms. The fourth-order valence-corrected chi connectivity index (χ4v) is 3.06. The van der Waals surface area contributed by atoms with Gasteiger partial charge in [-0.1, -0.05) is 42.0 Å². The second kappa shape index (κ2) is 6.93. The van der Waals surface area contributed by atoms with Gasteiger partial charge >= 0.3 is 0 Å². The molecule has 1 heterocycles. The molecule has 3 rings (SSSR count). The molecule has 1 aromatic heterocycles. The molecule has 0 aliphatic heterocycles. The second-order valence-corrected chi connectivity index (χ2v) is 6.33. The molecule has 0 atom stereocenters. The van der Waals surface area contributed by atoms with Gasteiger partial charge in [0.25, 0.3) is 5.91 Å². The number of hydrogen-bond acceptors (Lipinski definition) is 2. The maximum absolute atomic E-state index is 12.9. The van der Waals surface area contributed by atoms with E-state index in [1.54, 1.807) is 18.1 Å². The number of aryl methyl sites for hydroxylation is 2. The highest BCUT2D eigenvalue weighted by molar-refractivity contribution is 5.97. The molecule has 0 bridgehead atoms. The number of hydrogen-bond donors (Lipinski definition) is 0. The lowest BCUT2D eigenvalue weighted by Gasteiger charge is -2.19. The molecule has 4 nitrogen and oxygen atoms in total. The van der Waals surface area contributed by atoms with E-state index in [1.165, 1.54) is 0 Å². The first kappa shape index (κ1) is 17.0. The van der Waals surface area contributed by atoms with Crippen LogP contribution in [0.1, 0.15) is 28.4 Å². The molecule has 0 saturated heterocycles. The quantitative estimate of drug-likeness (QED) is 0.731. The lowest BCUT2D eigenvalue weighted by molar-refractivity contribution is 0.0783. The van der Waals surface area contributed by atoms with Crippen LogP contribution in [0.15, 0.2) is 59.5 Å². The van der Waals surface area contributed by atoms with Gasteiger partial charge in [-0.05, 0) is 31.5 Å². The van der Waals surface area contributed by atoms with Crippen LogP contribution < -0.4 is 5.43 Å². The van der Waals surface area contributed by atoms with E-state index in [0.717, 1.165) is 16.6 Å². The standard InChI is InChI=1S/C21H22N2O2/c1-4-23-14-18(20(24)17-12-15(2)10-11-19(17)23)21(25)22(3)13-16-8-6-5-7-9-16/h5-12,14H,4,13H2,1-3H3. The van der Waals surface area contributed by atoms with Crippen LogP contribution in [-0.4, -0.2) is 22.4 Å². The summed E-state index contributed by atoms with van der Waals surface area (Å²) in [5.41, 5.74) is 2.92. The number of nitrogens with zero attached hydrogens (tertiary/aromatic N) is 2. The fraction of sp³-hybridized carbons (Fsp3) is 0.238. The van der Waals surface area contributed by atoms with Crippen LogP contribution in [-0.2, 0) is 13.1 Å². The van der Waals surface area contributed by atoms with Crippen LogP contribution in [0.3, 0.4) is 0 Å². The van der Waals surface area contributed by atoms with Gasteiger partial charge in [0.05, 0.1) is 5.52 Å². The third-order valence-corrected chi connectivity index (χ3v) is 4.42. The third-order valence-electron chi connectivity index (χ3n) is 4.42. The van der Waals surface area contributed by atoms with Crippen molar-refractivity contribution in [3.05, 3.63) is 81.6 Å². The Hall–Kier alpha value is -2.88. The van der Waals surface area contributed by atoms with Crippen molar-refractivity contribution in [1.29, 1.82) is 0 Å². The van der Waals surface area contributed by atoms with Gasteiger partial charge in [0, 0.05) is 31.7 Å². The zero-order valence-corrected chi connectivity index (χ0v) is 14.8. The fourth-order valence-electron chi connectivity index (χ4n) is 3.06. The summed E-state index contributed by atoms with van der Waals surface area (Å²) in [6, 6.07) is 15.5. The Bertz CT molecular complexity index is 974. The summed E-state index contributed by atoms with van der Waals surface area (Å²) in [7, 11) is 1.73. The van der Waals surface area contributed by atoms with E-state index in [4.69, 9.17) is 0 Å². The molecule has 25 heavy (non-hydrogen) atoms. The smallest absolute Gasteiger partial charge is 0.259 e. The summed E-state index contributed by atoms with van der Waals surface area (Å²) in [6.45, 7) is 5.12. The average molecular weight is 334 g/mol. The first-order valence-corrected chi connectivity index (χ1v) is 8.44. The maximum Gasteiger partial charge on any atom is 0.259 e. The highest BCUT2D eigenvalue weighted by atomic mass is 16.2. The lowest BCUT2D eigenvalue weighted by atomic mass is 10.1. The minimum absolute atomic E-state index is 0.201. The van der Waals surface area contributed by atoms with Gasteiger partial charge in [0.1, 0.15) is 5.56 Å². The number of aromatic nitrogens is 1. The molecular formula is C21H22N2O2. The highest BCUT2D eigenvalue weighted by Gasteiger charge is 2.19. The van der Waals surface area contributed by atoms with Crippen LogP contribution in [0.4, 0.5) is 0 Å². The van der Waals surface area contributed by atoms with Crippen molar-refractivity contribution >= 4 is 16.8 Å². The van der Waals surface area contributed by atoms with Crippen molar-refractivity contribution in [2.45, 2.75) is 26.9 Å². The van der Waals surface area contributed by atoms with Crippen molar-refractivity contribution in [2.75, 3.05) is 7.05 Å². The summed E-state index contributed by atoms with van der Waals surface area (Å²) in [5, 5.41) is 0.598. The van der Waals surface area contributed by atoms with E-state index in [1.807, 2.05) is 66.9 Å². The van der Waals surface area contributed by atoms with Crippen LogP contribution in [0.25, 0.3) is 10.9 Å². The van der Waals surface area contributed by atoms with Crippen LogP contribution in [0, 0.1) is 6.92 Å². The summed E-state index contributed by atoms with van der Waals surface area (Å²) < 4.78 is 1.96. The first-order valence-electron chi connectivity index (χ1n) is 8.44.